The predicted molar refractivity (Wildman–Crippen MR) is 200 cm³/mol. The van der Waals surface area contributed by atoms with Crippen LogP contribution >= 0.6 is 11.3 Å². The summed E-state index contributed by atoms with van der Waals surface area (Å²) in [5, 5.41) is 9.00. The lowest BCUT2D eigenvalue weighted by molar-refractivity contribution is -0.138. The molecule has 5 aromatic rings. The Bertz CT molecular complexity index is 2230. The molecule has 2 fully saturated rings. The standard InChI is InChI=1S/C27H18F5N7O2S.C7H12FN.C3H9N/c1-40-26-37-20-17-21(41-8-7-39(25(17)38-26)10-11-3-2-6-36-23(11)34)18(27(30,31)32)16(19(20)29)12-4-5-14(28)22-15(12)13(9-33)24(35)42-22;8-6-4-7-2-1-3-9(7)5-6;1-2-3-4/h2-6H,7-8,10,35H2,1H3,(H2,34,36);6-7H,1-5H2;2-4H2,1H3. The third-order valence-electron chi connectivity index (χ3n) is 9.61. The van der Waals surface area contributed by atoms with E-state index in [1.165, 1.54) is 26.1 Å². The summed E-state index contributed by atoms with van der Waals surface area (Å²) in [4.78, 5) is 16.3. The molecule has 3 aromatic heterocycles. The van der Waals surface area contributed by atoms with E-state index in [0.717, 1.165) is 38.1 Å². The van der Waals surface area contributed by atoms with Gasteiger partial charge in [-0.05, 0) is 56.5 Å². The van der Waals surface area contributed by atoms with Crippen molar-refractivity contribution in [2.75, 3.05) is 56.3 Å². The molecule has 2 saturated heterocycles. The van der Waals surface area contributed by atoms with Crippen LogP contribution in [0.25, 0.3) is 32.1 Å². The van der Waals surface area contributed by atoms with Gasteiger partial charge < -0.3 is 31.6 Å². The first kappa shape index (κ1) is 39.6. The van der Waals surface area contributed by atoms with Crippen molar-refractivity contribution >= 4 is 49.0 Å². The number of anilines is 3. The zero-order valence-electron chi connectivity index (χ0n) is 30.0. The average molecular weight is 788 g/mol. The second kappa shape index (κ2) is 16.3. The van der Waals surface area contributed by atoms with Gasteiger partial charge in [0.25, 0.3) is 0 Å². The Morgan fingerprint density at radius 1 is 1.13 bits per heavy atom. The third-order valence-corrected chi connectivity index (χ3v) is 10.6. The number of pyridine rings is 1. The van der Waals surface area contributed by atoms with E-state index < -0.39 is 51.9 Å². The molecule has 6 heterocycles. The summed E-state index contributed by atoms with van der Waals surface area (Å²) in [6.45, 7) is 4.57. The number of nitriles is 1. The highest BCUT2D eigenvalue weighted by molar-refractivity contribution is 7.23. The lowest BCUT2D eigenvalue weighted by Crippen LogP contribution is -2.28. The van der Waals surface area contributed by atoms with Crippen molar-refractivity contribution in [2.24, 2.45) is 5.73 Å². The molecule has 2 unspecified atom stereocenters. The molecule has 2 aromatic carbocycles. The minimum absolute atomic E-state index is 0.0347. The molecule has 0 bridgehead atoms. The number of halogens is 6. The van der Waals surface area contributed by atoms with E-state index in [1.807, 2.05) is 0 Å². The van der Waals surface area contributed by atoms with Gasteiger partial charge in [0, 0.05) is 41.8 Å². The first-order valence-electron chi connectivity index (χ1n) is 17.6. The van der Waals surface area contributed by atoms with E-state index in [4.69, 9.17) is 26.7 Å². The highest BCUT2D eigenvalue weighted by Crippen LogP contribution is 2.53. The maximum atomic E-state index is 16.6. The molecule has 0 aliphatic carbocycles. The normalized spacial score (nSPS) is 17.8. The topological polar surface area (TPSA) is 165 Å². The van der Waals surface area contributed by atoms with Crippen LogP contribution in [0.5, 0.6) is 11.8 Å². The Balaban J connectivity index is 0.000000334. The highest BCUT2D eigenvalue weighted by atomic mass is 32.1. The summed E-state index contributed by atoms with van der Waals surface area (Å²) in [5.41, 5.74) is 13.8. The quantitative estimate of drug-likeness (QED) is 0.154. The maximum absolute atomic E-state index is 16.6. The van der Waals surface area contributed by atoms with Gasteiger partial charge in [-0.1, -0.05) is 19.1 Å². The minimum atomic E-state index is -5.17. The molecule has 6 N–H and O–H groups in total. The summed E-state index contributed by atoms with van der Waals surface area (Å²) in [5.74, 6) is -2.82. The number of hydrogen-bond donors (Lipinski definition) is 3. The molecule has 3 aliphatic rings. The second-order valence-corrected chi connectivity index (χ2v) is 14.2. The van der Waals surface area contributed by atoms with Crippen LogP contribution in [0.1, 0.15) is 49.3 Å². The van der Waals surface area contributed by atoms with Gasteiger partial charge in [-0.2, -0.15) is 28.4 Å². The number of methoxy groups -OCH3 is 1. The van der Waals surface area contributed by atoms with Crippen molar-refractivity contribution < 1.29 is 35.8 Å². The van der Waals surface area contributed by atoms with Gasteiger partial charge in [0.2, 0.25) is 0 Å². The molecule has 18 heteroatoms. The van der Waals surface area contributed by atoms with Crippen LogP contribution in [0, 0.1) is 23.0 Å². The molecule has 292 valence electrons. The number of nitrogens with zero attached hydrogens (tertiary/aromatic N) is 6. The fourth-order valence-electron chi connectivity index (χ4n) is 7.09. The zero-order chi connectivity index (χ0) is 39.6. The van der Waals surface area contributed by atoms with Crippen molar-refractivity contribution in [1.82, 2.24) is 19.9 Å². The van der Waals surface area contributed by atoms with Gasteiger partial charge in [-0.15, -0.1) is 11.3 Å². The van der Waals surface area contributed by atoms with E-state index in [0.29, 0.717) is 29.5 Å². The lowest BCUT2D eigenvalue weighted by Gasteiger charge is -2.24. The van der Waals surface area contributed by atoms with Gasteiger partial charge in [0.05, 0.1) is 29.3 Å². The van der Waals surface area contributed by atoms with Crippen LogP contribution in [-0.4, -0.2) is 72.0 Å². The Morgan fingerprint density at radius 2 is 1.89 bits per heavy atom. The number of ether oxygens (including phenoxy) is 2. The van der Waals surface area contributed by atoms with Gasteiger partial charge in [-0.25, -0.2) is 18.2 Å². The second-order valence-electron chi connectivity index (χ2n) is 13.1. The van der Waals surface area contributed by atoms with E-state index in [1.54, 1.807) is 23.1 Å². The molecule has 8 rings (SSSR count). The number of thiophene rings is 1. The van der Waals surface area contributed by atoms with Gasteiger partial charge in [0.15, 0.2) is 5.82 Å². The van der Waals surface area contributed by atoms with Crippen molar-refractivity contribution in [1.29, 1.82) is 5.26 Å². The largest absolute Gasteiger partial charge is 0.490 e. The first-order valence-corrected chi connectivity index (χ1v) is 18.4. The summed E-state index contributed by atoms with van der Waals surface area (Å²) < 4.78 is 99.6. The molecule has 2 atom stereocenters. The van der Waals surface area contributed by atoms with E-state index in [2.05, 4.69) is 26.8 Å². The molecule has 11 nitrogen and oxygen atoms in total. The summed E-state index contributed by atoms with van der Waals surface area (Å²) >= 11 is 0.675. The molecule has 3 aliphatic heterocycles. The Labute approximate surface area is 316 Å². The van der Waals surface area contributed by atoms with E-state index in [-0.39, 0.29) is 63.4 Å². The number of alkyl halides is 4. The maximum Gasteiger partial charge on any atom is 0.420 e. The van der Waals surface area contributed by atoms with E-state index >= 15 is 4.39 Å². The van der Waals surface area contributed by atoms with E-state index in [9.17, 15) is 27.2 Å². The lowest BCUT2D eigenvalue weighted by atomic mass is 9.91. The van der Waals surface area contributed by atoms with Crippen LogP contribution in [0.4, 0.5) is 43.0 Å². The average Bonchev–Trinajstić information content (AvgIpc) is 3.81. The minimum Gasteiger partial charge on any atom is -0.490 e. The Kier molecular flexibility index (Phi) is 11.7. The SMILES string of the molecule is CCCN.COc1nc2c3c(c(C(F)(F)F)c(-c4ccc(F)c5sc(N)c(C#N)c45)c(F)c3n1)OCCN2Cc1cccnc1N.FC1CC2CCCN2C1. The van der Waals surface area contributed by atoms with Gasteiger partial charge in [-0.3, -0.25) is 4.90 Å². The van der Waals surface area contributed by atoms with Crippen LogP contribution in [0.15, 0.2) is 30.5 Å². The number of benzene rings is 2. The molecular weight excluding hydrogens is 749 g/mol. The Hall–Kier alpha value is -5.12. The molecule has 0 spiro atoms. The third kappa shape index (κ3) is 7.73. The number of nitrogen functional groups attached to an aromatic ring is 2. The number of hydrogen-bond acceptors (Lipinski definition) is 12. The first-order chi connectivity index (χ1) is 26.3. The number of aromatic nitrogens is 3. The number of fused-ring (bicyclic) bond motifs is 2. The van der Waals surface area contributed by atoms with Crippen molar-refractivity contribution in [3.05, 3.63) is 58.8 Å². The van der Waals surface area contributed by atoms with Crippen LogP contribution in [0.2, 0.25) is 0 Å². The monoisotopic (exact) mass is 787 g/mol. The van der Waals surface area contributed by atoms with Crippen molar-refractivity contribution in [3.63, 3.8) is 0 Å². The van der Waals surface area contributed by atoms with Crippen LogP contribution in [0.3, 0.4) is 0 Å². The van der Waals surface area contributed by atoms with Crippen LogP contribution < -0.4 is 31.6 Å². The van der Waals surface area contributed by atoms with Crippen LogP contribution in [-0.2, 0) is 12.7 Å². The molecular formula is C37H39F6N9O2S. The van der Waals surface area contributed by atoms with Crippen molar-refractivity contribution in [3.8, 4) is 29.0 Å². The van der Waals surface area contributed by atoms with Crippen molar-refractivity contribution in [2.45, 2.75) is 57.5 Å². The summed E-state index contributed by atoms with van der Waals surface area (Å²) in [6.07, 6.45) is 0.228. The summed E-state index contributed by atoms with van der Waals surface area (Å²) in [7, 11) is 1.23. The molecule has 0 amide bonds. The fourth-order valence-corrected chi connectivity index (χ4v) is 8.04. The fraction of sp³-hybridized carbons (Fsp3) is 0.405. The van der Waals surface area contributed by atoms with Gasteiger partial charge >= 0.3 is 12.2 Å². The molecule has 55 heavy (non-hydrogen) atoms. The number of rotatable bonds is 5. The Morgan fingerprint density at radius 3 is 2.55 bits per heavy atom. The summed E-state index contributed by atoms with van der Waals surface area (Å²) in [6, 6.07) is 7.29. The molecule has 0 saturated carbocycles. The zero-order valence-corrected chi connectivity index (χ0v) is 30.8. The predicted octanol–water partition coefficient (Wildman–Crippen LogP) is 7.19. The smallest absolute Gasteiger partial charge is 0.420 e. The molecule has 0 radical (unpaired) electrons. The highest BCUT2D eigenvalue weighted by Gasteiger charge is 2.44. The number of nitrogens with two attached hydrogens (primary N) is 3. The van der Waals surface area contributed by atoms with Gasteiger partial charge in [0.1, 0.15) is 58.1 Å².